The molecule has 20 heavy (non-hydrogen) atoms. The van der Waals surface area contributed by atoms with Crippen molar-refractivity contribution in [2.45, 2.75) is 46.0 Å². The van der Waals surface area contributed by atoms with Crippen molar-refractivity contribution in [1.29, 1.82) is 0 Å². The van der Waals surface area contributed by atoms with Crippen LogP contribution in [0.2, 0.25) is 0 Å². The average molecular weight is 274 g/mol. The lowest BCUT2D eigenvalue weighted by Gasteiger charge is -2.22. The van der Waals surface area contributed by atoms with Crippen LogP contribution in [-0.2, 0) is 11.8 Å². The zero-order valence-electron chi connectivity index (χ0n) is 13.6. The Hall–Kier alpha value is -0.860. The number of aryl methyl sites for hydroxylation is 1. The van der Waals surface area contributed by atoms with Crippen LogP contribution < -0.4 is 5.32 Å². The first kappa shape index (κ1) is 15.5. The van der Waals surface area contributed by atoms with Gasteiger partial charge in [0.15, 0.2) is 0 Å². The quantitative estimate of drug-likeness (QED) is 0.911. The van der Waals surface area contributed by atoms with E-state index in [9.17, 15) is 0 Å². The van der Waals surface area contributed by atoms with E-state index in [0.717, 1.165) is 6.54 Å². The Morgan fingerprint density at radius 2 is 1.95 bits per heavy atom. The summed E-state index contributed by atoms with van der Waals surface area (Å²) in [5.74, 6) is 0. The minimum Gasteiger partial charge on any atom is -0.315 e. The molecule has 1 aliphatic rings. The van der Waals surface area contributed by atoms with Crippen LogP contribution in [-0.4, -0.2) is 37.6 Å². The number of benzene rings is 1. The maximum absolute atomic E-state index is 3.47. The van der Waals surface area contributed by atoms with Crippen LogP contribution >= 0.6 is 0 Å². The first-order valence-electron chi connectivity index (χ1n) is 8.00. The zero-order valence-corrected chi connectivity index (χ0v) is 13.6. The van der Waals surface area contributed by atoms with E-state index in [0.29, 0.717) is 0 Å². The molecule has 0 aliphatic carbocycles. The molecule has 112 valence electrons. The van der Waals surface area contributed by atoms with Crippen molar-refractivity contribution in [1.82, 2.24) is 10.2 Å². The fraction of sp³-hybridized carbons (Fsp3) is 0.667. The number of hydrogen-bond acceptors (Lipinski definition) is 2. The van der Waals surface area contributed by atoms with Gasteiger partial charge in [-0.25, -0.2) is 0 Å². The molecule has 2 heteroatoms. The molecule has 1 aromatic carbocycles. The highest BCUT2D eigenvalue weighted by Crippen LogP contribution is 2.24. The van der Waals surface area contributed by atoms with Gasteiger partial charge in [0.25, 0.3) is 0 Å². The van der Waals surface area contributed by atoms with Gasteiger partial charge in [-0.1, -0.05) is 39.0 Å². The van der Waals surface area contributed by atoms with Gasteiger partial charge in [0.2, 0.25) is 0 Å². The molecule has 1 fully saturated rings. The highest BCUT2D eigenvalue weighted by atomic mass is 15.1. The van der Waals surface area contributed by atoms with E-state index in [2.05, 4.69) is 56.1 Å². The minimum absolute atomic E-state index is 0.250. The van der Waals surface area contributed by atoms with Crippen LogP contribution in [0.5, 0.6) is 0 Å². The topological polar surface area (TPSA) is 15.3 Å². The lowest BCUT2D eigenvalue weighted by Crippen LogP contribution is -2.30. The van der Waals surface area contributed by atoms with Crippen LogP contribution in [0.4, 0.5) is 0 Å². The van der Waals surface area contributed by atoms with E-state index >= 15 is 0 Å². The molecule has 0 aromatic heterocycles. The molecule has 2 rings (SSSR count). The van der Waals surface area contributed by atoms with E-state index in [4.69, 9.17) is 0 Å². The summed E-state index contributed by atoms with van der Waals surface area (Å²) in [5.41, 5.74) is 4.65. The van der Waals surface area contributed by atoms with Crippen molar-refractivity contribution >= 4 is 0 Å². The van der Waals surface area contributed by atoms with Crippen LogP contribution in [0.25, 0.3) is 0 Å². The van der Waals surface area contributed by atoms with Crippen LogP contribution in [0.3, 0.4) is 0 Å². The summed E-state index contributed by atoms with van der Waals surface area (Å²) in [7, 11) is 0. The summed E-state index contributed by atoms with van der Waals surface area (Å²) < 4.78 is 0. The van der Waals surface area contributed by atoms with Crippen molar-refractivity contribution in [3.63, 3.8) is 0 Å². The van der Waals surface area contributed by atoms with Crippen molar-refractivity contribution in [2.24, 2.45) is 0 Å². The van der Waals surface area contributed by atoms with E-state index in [-0.39, 0.29) is 5.41 Å². The molecule has 0 saturated carbocycles. The Balaban J connectivity index is 1.96. The third kappa shape index (κ3) is 4.32. The predicted octanol–water partition coefficient (Wildman–Crippen LogP) is 3.13. The molecular weight excluding hydrogens is 244 g/mol. The van der Waals surface area contributed by atoms with Crippen molar-refractivity contribution in [3.05, 3.63) is 34.9 Å². The molecule has 2 nitrogen and oxygen atoms in total. The molecule has 1 aromatic rings. The number of hydrogen-bond donors (Lipinski definition) is 1. The zero-order chi connectivity index (χ0) is 14.6. The molecule has 1 saturated heterocycles. The van der Waals surface area contributed by atoms with Gasteiger partial charge in [0, 0.05) is 19.6 Å². The van der Waals surface area contributed by atoms with Crippen LogP contribution in [0.15, 0.2) is 18.2 Å². The molecule has 0 bridgehead atoms. The van der Waals surface area contributed by atoms with Crippen molar-refractivity contribution in [3.8, 4) is 0 Å². The van der Waals surface area contributed by atoms with Gasteiger partial charge in [0.1, 0.15) is 0 Å². The maximum atomic E-state index is 3.47. The van der Waals surface area contributed by atoms with Gasteiger partial charge in [0.05, 0.1) is 0 Å². The van der Waals surface area contributed by atoms with Gasteiger partial charge in [-0.05, 0) is 55.0 Å². The smallest absolute Gasteiger partial charge is 0.0107 e. The molecule has 0 atom stereocenters. The van der Waals surface area contributed by atoms with E-state index in [1.54, 1.807) is 0 Å². The van der Waals surface area contributed by atoms with Gasteiger partial charge < -0.3 is 10.2 Å². The molecular formula is C18H30N2. The van der Waals surface area contributed by atoms with Gasteiger partial charge in [-0.15, -0.1) is 0 Å². The summed E-state index contributed by atoms with van der Waals surface area (Å²) in [5, 5.41) is 3.47. The van der Waals surface area contributed by atoms with Gasteiger partial charge >= 0.3 is 0 Å². The Labute approximate surface area is 124 Å². The highest BCUT2D eigenvalue weighted by Gasteiger charge is 2.15. The lowest BCUT2D eigenvalue weighted by atomic mass is 9.85. The van der Waals surface area contributed by atoms with Crippen LogP contribution in [0.1, 0.15) is 43.9 Å². The predicted molar refractivity (Wildman–Crippen MR) is 87.5 cm³/mol. The Morgan fingerprint density at radius 1 is 1.15 bits per heavy atom. The monoisotopic (exact) mass is 274 g/mol. The lowest BCUT2D eigenvalue weighted by molar-refractivity contribution is 0.296. The third-order valence-corrected chi connectivity index (χ3v) is 4.34. The fourth-order valence-electron chi connectivity index (χ4n) is 2.85. The number of nitrogens with zero attached hydrogens (tertiary/aromatic N) is 1. The summed E-state index contributed by atoms with van der Waals surface area (Å²) in [4.78, 5) is 2.59. The SMILES string of the molecule is Cc1cc(C(C)(C)C)ccc1CCN1CCCNCC1. The molecule has 1 aliphatic heterocycles. The maximum Gasteiger partial charge on any atom is 0.0107 e. The van der Waals surface area contributed by atoms with Crippen molar-refractivity contribution < 1.29 is 0 Å². The second kappa shape index (κ2) is 6.73. The third-order valence-electron chi connectivity index (χ3n) is 4.34. The molecule has 1 N–H and O–H groups in total. The first-order valence-corrected chi connectivity index (χ1v) is 8.00. The molecule has 0 radical (unpaired) electrons. The van der Waals surface area contributed by atoms with E-state index in [1.165, 1.54) is 55.7 Å². The van der Waals surface area contributed by atoms with Gasteiger partial charge in [-0.2, -0.15) is 0 Å². The fourth-order valence-corrected chi connectivity index (χ4v) is 2.85. The second-order valence-corrected chi connectivity index (χ2v) is 7.09. The summed E-state index contributed by atoms with van der Waals surface area (Å²) in [6, 6.07) is 7.03. The average Bonchev–Trinajstić information content (AvgIpc) is 2.64. The summed E-state index contributed by atoms with van der Waals surface area (Å²) in [6.07, 6.45) is 2.46. The molecule has 0 spiro atoms. The number of rotatable bonds is 3. The number of nitrogens with one attached hydrogen (secondary N) is 1. The largest absolute Gasteiger partial charge is 0.315 e. The first-order chi connectivity index (χ1) is 9.47. The summed E-state index contributed by atoms with van der Waals surface area (Å²) >= 11 is 0. The molecule has 0 amide bonds. The highest BCUT2D eigenvalue weighted by molar-refractivity contribution is 5.34. The van der Waals surface area contributed by atoms with Gasteiger partial charge in [-0.3, -0.25) is 0 Å². The normalized spacial score (nSPS) is 18.0. The Kier molecular flexibility index (Phi) is 5.22. The minimum atomic E-state index is 0.250. The Bertz CT molecular complexity index is 424. The van der Waals surface area contributed by atoms with Crippen LogP contribution in [0, 0.1) is 6.92 Å². The summed E-state index contributed by atoms with van der Waals surface area (Å²) in [6.45, 7) is 15.1. The molecule has 0 unspecified atom stereocenters. The molecule has 1 heterocycles. The second-order valence-electron chi connectivity index (χ2n) is 7.09. The van der Waals surface area contributed by atoms with Crippen molar-refractivity contribution in [2.75, 3.05) is 32.7 Å². The van der Waals surface area contributed by atoms with E-state index < -0.39 is 0 Å². The Morgan fingerprint density at radius 3 is 2.65 bits per heavy atom. The standard InChI is InChI=1S/C18H30N2/c1-15-14-17(18(2,3)4)7-6-16(15)8-12-20-11-5-9-19-10-13-20/h6-7,14,19H,5,8-13H2,1-4H3. The van der Waals surface area contributed by atoms with E-state index in [1.807, 2.05) is 0 Å².